The van der Waals surface area contributed by atoms with E-state index < -0.39 is 46.6 Å². The smallest absolute Gasteiger partial charge is 0.472 e. The van der Waals surface area contributed by atoms with Crippen LogP contribution in [0.1, 0.15) is 31.0 Å². The molecule has 4 unspecified atom stereocenters. The van der Waals surface area contributed by atoms with Crippen LogP contribution in [0.4, 0.5) is 33.5 Å². The van der Waals surface area contributed by atoms with Gasteiger partial charge >= 0.3 is 6.36 Å². The number of piperazine rings is 1. The summed E-state index contributed by atoms with van der Waals surface area (Å²) in [5.74, 6) is -3.39. The summed E-state index contributed by atoms with van der Waals surface area (Å²) in [5.41, 5.74) is 4.29. The molecule has 4 atom stereocenters. The number of hydrogen-bond donors (Lipinski definition) is 2. The van der Waals surface area contributed by atoms with Crippen LogP contribution in [0.5, 0.6) is 11.6 Å². The maximum atomic E-state index is 16.7. The second kappa shape index (κ2) is 10.3. The van der Waals surface area contributed by atoms with E-state index in [9.17, 15) is 22.4 Å². The number of fused-ring (bicyclic) bond motifs is 5. The molecule has 0 radical (unpaired) electrons. The zero-order chi connectivity index (χ0) is 33.0. The molecule has 2 aromatic heterocycles. The Labute approximate surface area is 261 Å². The van der Waals surface area contributed by atoms with Crippen LogP contribution in [-0.2, 0) is 4.79 Å². The molecular weight excluding hydrogens is 613 g/mol. The number of carbonyl (C=O) groups excluding carboxylic acids is 1. The van der Waals surface area contributed by atoms with Gasteiger partial charge in [0.1, 0.15) is 23.2 Å². The van der Waals surface area contributed by atoms with Gasteiger partial charge in [0.15, 0.2) is 17.4 Å². The molecule has 3 N–H and O–H groups in total. The number of amides is 1. The summed E-state index contributed by atoms with van der Waals surface area (Å²) in [4.78, 5) is 29.2. The van der Waals surface area contributed by atoms with Crippen LogP contribution >= 0.6 is 0 Å². The average molecular weight is 648 g/mol. The minimum atomic E-state index is -5.27. The topological polar surface area (TPSA) is 109 Å². The lowest BCUT2D eigenvalue weighted by atomic mass is 9.90. The first kappa shape index (κ1) is 30.7. The summed E-state index contributed by atoms with van der Waals surface area (Å²) in [6.07, 6.45) is -4.55. The van der Waals surface area contributed by atoms with E-state index in [2.05, 4.69) is 19.9 Å². The molecule has 46 heavy (non-hydrogen) atoms. The van der Waals surface area contributed by atoms with Crippen molar-refractivity contribution >= 4 is 28.2 Å². The summed E-state index contributed by atoms with van der Waals surface area (Å²) >= 11 is 0. The summed E-state index contributed by atoms with van der Waals surface area (Å²) in [6, 6.07) is 1.42. The molecule has 246 valence electrons. The van der Waals surface area contributed by atoms with Crippen molar-refractivity contribution in [3.63, 3.8) is 0 Å². The largest absolute Gasteiger partial charge is 0.573 e. The normalized spacial score (nSPS) is 25.8. The first-order valence-electron chi connectivity index (χ1n) is 15.1. The van der Waals surface area contributed by atoms with Crippen molar-refractivity contribution in [1.82, 2.24) is 25.1 Å². The number of halogens is 5. The average Bonchev–Trinajstić information content (AvgIpc) is 3.23. The molecule has 6 heterocycles. The number of carbonyl (C=O) groups is 1. The van der Waals surface area contributed by atoms with Gasteiger partial charge < -0.3 is 29.9 Å². The zero-order valence-electron chi connectivity index (χ0n) is 25.9. The number of hydrogen-bond acceptors (Lipinski definition) is 9. The highest BCUT2D eigenvalue weighted by Gasteiger charge is 2.58. The summed E-state index contributed by atoms with van der Waals surface area (Å²) in [6.45, 7) is 6.66. The predicted octanol–water partition coefficient (Wildman–Crippen LogP) is 3.91. The molecule has 4 aliphatic heterocycles. The van der Waals surface area contributed by atoms with Gasteiger partial charge in [0.2, 0.25) is 11.8 Å². The maximum absolute atomic E-state index is 16.7. The van der Waals surface area contributed by atoms with Crippen LogP contribution in [0, 0.1) is 25.5 Å². The fraction of sp³-hybridized carbons (Fsp3) is 0.516. The minimum absolute atomic E-state index is 0.00482. The van der Waals surface area contributed by atoms with Crippen LogP contribution in [0.3, 0.4) is 0 Å². The van der Waals surface area contributed by atoms with Crippen LogP contribution < -0.4 is 25.4 Å². The molecule has 0 spiro atoms. The fourth-order valence-electron chi connectivity index (χ4n) is 7.49. The standard InChI is InChI=1S/C31H34F5N7O3/c1-13-14(2)38-27-22-21(13)23(33)24(18-8-16(37)9-19(32)26(18)46-31(34,35)36)39-28(22)45-15(3)25-20-6-7-30(40-20,12-43(25)27)29(44)42-10-17(11-42)41(4)5/h8-9,15,17,20,25,40H,6-7,10-12,37H2,1-5H3. The third-order valence-electron chi connectivity index (χ3n) is 9.95. The van der Waals surface area contributed by atoms with Crippen molar-refractivity contribution in [3.05, 3.63) is 35.0 Å². The Morgan fingerprint density at radius 2 is 1.89 bits per heavy atom. The molecule has 3 fully saturated rings. The first-order chi connectivity index (χ1) is 21.6. The van der Waals surface area contributed by atoms with Gasteiger partial charge in [-0.1, -0.05) is 0 Å². The number of rotatable bonds is 4. The number of nitrogens with one attached hydrogen (secondary N) is 1. The third-order valence-corrected chi connectivity index (χ3v) is 9.95. The number of nitrogen functional groups attached to an aromatic ring is 1. The summed E-state index contributed by atoms with van der Waals surface area (Å²) < 4.78 is 82.1. The van der Waals surface area contributed by atoms with Crippen LogP contribution in [0.2, 0.25) is 0 Å². The maximum Gasteiger partial charge on any atom is 0.573 e. The molecular formula is C31H34F5N7O3. The van der Waals surface area contributed by atoms with E-state index in [4.69, 9.17) is 15.5 Å². The van der Waals surface area contributed by atoms with Crippen molar-refractivity contribution in [3.8, 4) is 22.9 Å². The van der Waals surface area contributed by atoms with Gasteiger partial charge in [-0.3, -0.25) is 10.1 Å². The lowest BCUT2D eigenvalue weighted by Crippen LogP contribution is -2.74. The van der Waals surface area contributed by atoms with Gasteiger partial charge in [0, 0.05) is 54.6 Å². The Morgan fingerprint density at radius 1 is 1.17 bits per heavy atom. The van der Waals surface area contributed by atoms with Crippen LogP contribution in [0.15, 0.2) is 12.1 Å². The van der Waals surface area contributed by atoms with E-state index >= 15 is 4.39 Å². The van der Waals surface area contributed by atoms with Gasteiger partial charge in [-0.15, -0.1) is 13.2 Å². The number of likely N-dealkylation sites (N-methyl/N-ethyl adjacent to an activating group) is 1. The SMILES string of the molecule is Cc1nc2c3c(nc(-c4cc(N)cc(F)c4OC(F)(F)F)c(F)c3c1C)OC(C)C1C3CCC(C(=O)N4CC(N(C)C)C4)(CN21)N3. The van der Waals surface area contributed by atoms with Crippen molar-refractivity contribution in [2.24, 2.45) is 0 Å². The monoisotopic (exact) mass is 647 g/mol. The van der Waals surface area contributed by atoms with E-state index in [0.717, 1.165) is 6.07 Å². The highest BCUT2D eigenvalue weighted by Crippen LogP contribution is 2.49. The quantitative estimate of drug-likeness (QED) is 0.322. The Morgan fingerprint density at radius 3 is 2.57 bits per heavy atom. The molecule has 2 bridgehead atoms. The lowest BCUT2D eigenvalue weighted by Gasteiger charge is -2.51. The van der Waals surface area contributed by atoms with Gasteiger partial charge in [-0.2, -0.15) is 0 Å². The molecule has 1 amide bonds. The number of anilines is 2. The van der Waals surface area contributed by atoms with Crippen molar-refractivity contribution < 1.29 is 36.2 Å². The number of ether oxygens (including phenoxy) is 2. The number of nitrogens with two attached hydrogens (primary N) is 1. The van der Waals surface area contributed by atoms with Crippen molar-refractivity contribution in [1.29, 1.82) is 0 Å². The number of aromatic nitrogens is 2. The first-order valence-corrected chi connectivity index (χ1v) is 15.1. The van der Waals surface area contributed by atoms with Crippen molar-refractivity contribution in [2.75, 3.05) is 44.4 Å². The number of pyridine rings is 2. The van der Waals surface area contributed by atoms with Gasteiger partial charge in [0.25, 0.3) is 0 Å². The lowest BCUT2D eigenvalue weighted by molar-refractivity contribution is -0.275. The van der Waals surface area contributed by atoms with Crippen molar-refractivity contribution in [2.45, 2.75) is 69.7 Å². The Hall–Kier alpha value is -3.98. The predicted molar refractivity (Wildman–Crippen MR) is 160 cm³/mol. The molecule has 4 aliphatic rings. The van der Waals surface area contributed by atoms with Gasteiger partial charge in [-0.25, -0.2) is 18.7 Å². The zero-order valence-corrected chi connectivity index (χ0v) is 25.9. The van der Waals surface area contributed by atoms with Crippen LogP contribution in [0.25, 0.3) is 22.0 Å². The highest BCUT2D eigenvalue weighted by molar-refractivity contribution is 6.02. The van der Waals surface area contributed by atoms with Gasteiger partial charge in [-0.05, 0) is 59.3 Å². The minimum Gasteiger partial charge on any atom is -0.472 e. The molecule has 3 saturated heterocycles. The molecule has 0 aliphatic carbocycles. The molecule has 1 aromatic carbocycles. The second-order valence-electron chi connectivity index (χ2n) is 13.0. The molecule has 10 nitrogen and oxygen atoms in total. The molecule has 15 heteroatoms. The Balaban J connectivity index is 1.39. The van der Waals surface area contributed by atoms with E-state index in [1.54, 1.807) is 13.8 Å². The Kier molecular flexibility index (Phi) is 6.84. The fourth-order valence-corrected chi connectivity index (χ4v) is 7.49. The van der Waals surface area contributed by atoms with E-state index in [1.807, 2.05) is 30.8 Å². The number of nitrogens with zero attached hydrogens (tertiary/aromatic N) is 5. The van der Waals surface area contributed by atoms with Crippen LogP contribution in [-0.4, -0.2) is 95.5 Å². The molecule has 7 rings (SSSR count). The van der Waals surface area contributed by atoms with E-state index in [0.29, 0.717) is 49.1 Å². The molecule has 0 saturated carbocycles. The third kappa shape index (κ3) is 4.61. The summed E-state index contributed by atoms with van der Waals surface area (Å²) in [7, 11) is 3.97. The highest BCUT2D eigenvalue weighted by atomic mass is 19.4. The van der Waals surface area contributed by atoms with Gasteiger partial charge in [0.05, 0.1) is 17.0 Å². The number of aryl methyl sites for hydroxylation is 2. The van der Waals surface area contributed by atoms with E-state index in [-0.39, 0.29) is 52.9 Å². The number of likely N-dealkylation sites (tertiary alicyclic amines) is 1. The second-order valence-corrected chi connectivity index (χ2v) is 13.0. The molecule has 3 aromatic rings. The van der Waals surface area contributed by atoms with E-state index in [1.165, 1.54) is 0 Å². The number of alkyl halides is 3. The Bertz CT molecular complexity index is 1780. The summed E-state index contributed by atoms with van der Waals surface area (Å²) in [5, 5.41) is 3.84. The number of benzene rings is 1.